The van der Waals surface area contributed by atoms with Crippen LogP contribution >= 0.6 is 12.4 Å². The van der Waals surface area contributed by atoms with Crippen molar-refractivity contribution in [3.05, 3.63) is 23.5 Å². The molecule has 1 aliphatic heterocycles. The highest BCUT2D eigenvalue weighted by Gasteiger charge is 2.26. The Morgan fingerprint density at radius 3 is 2.76 bits per heavy atom. The average Bonchev–Trinajstić information content (AvgIpc) is 3.02. The molecule has 1 unspecified atom stereocenters. The minimum atomic E-state index is -0.805. The van der Waals surface area contributed by atoms with Crippen molar-refractivity contribution in [1.82, 2.24) is 15.1 Å². The zero-order valence-electron chi connectivity index (χ0n) is 14.7. The van der Waals surface area contributed by atoms with Crippen molar-refractivity contribution in [3.63, 3.8) is 0 Å². The molecule has 0 bridgehead atoms. The maximum Gasteiger partial charge on any atom is 0.331 e. The Balaban J connectivity index is 0.00000312. The molecule has 0 saturated carbocycles. The second kappa shape index (κ2) is 10.9. The number of nitrogens with one attached hydrogen (secondary N) is 1. The van der Waals surface area contributed by atoms with Gasteiger partial charge in [-0.05, 0) is 45.4 Å². The molecule has 0 aromatic carbocycles. The zero-order valence-corrected chi connectivity index (χ0v) is 15.5. The summed E-state index contributed by atoms with van der Waals surface area (Å²) >= 11 is 0. The number of hydrogen-bond acceptors (Lipinski definition) is 6. The summed E-state index contributed by atoms with van der Waals surface area (Å²) in [7, 11) is 0. The van der Waals surface area contributed by atoms with Crippen LogP contribution in [0.5, 0.6) is 0 Å². The second-order valence-electron chi connectivity index (χ2n) is 5.58. The summed E-state index contributed by atoms with van der Waals surface area (Å²) in [6.45, 7) is 5.88. The number of piperidine rings is 1. The van der Waals surface area contributed by atoms with Gasteiger partial charge in [-0.3, -0.25) is 9.48 Å². The van der Waals surface area contributed by atoms with Crippen LogP contribution in [0.15, 0.2) is 17.8 Å². The van der Waals surface area contributed by atoms with Gasteiger partial charge in [0, 0.05) is 12.7 Å². The van der Waals surface area contributed by atoms with Gasteiger partial charge in [0.15, 0.2) is 6.04 Å². The van der Waals surface area contributed by atoms with E-state index in [4.69, 9.17) is 9.47 Å². The third kappa shape index (κ3) is 6.51. The Bertz CT molecular complexity index is 592. The maximum atomic E-state index is 12.2. The van der Waals surface area contributed by atoms with E-state index in [1.54, 1.807) is 20.0 Å². The highest BCUT2D eigenvalue weighted by molar-refractivity contribution is 5.85. The van der Waals surface area contributed by atoms with Crippen molar-refractivity contribution in [2.24, 2.45) is 0 Å². The minimum absolute atomic E-state index is 0. The van der Waals surface area contributed by atoms with E-state index in [-0.39, 0.29) is 32.0 Å². The molecule has 0 amide bonds. The normalized spacial score (nSPS) is 16.8. The minimum Gasteiger partial charge on any atom is -0.466 e. The highest BCUT2D eigenvalue weighted by atomic mass is 35.5. The fraction of sp³-hybridized carbons (Fsp3) is 0.588. The van der Waals surface area contributed by atoms with Crippen LogP contribution in [-0.2, 0) is 19.1 Å². The summed E-state index contributed by atoms with van der Waals surface area (Å²) < 4.78 is 11.5. The van der Waals surface area contributed by atoms with Crippen LogP contribution in [0.4, 0.5) is 0 Å². The number of ether oxygens (including phenoxy) is 2. The van der Waals surface area contributed by atoms with E-state index in [2.05, 4.69) is 10.4 Å². The lowest BCUT2D eigenvalue weighted by Gasteiger charge is -2.16. The quantitative estimate of drug-likeness (QED) is 0.739. The number of nitrogens with zero attached hydrogens (tertiary/aromatic N) is 2. The zero-order chi connectivity index (χ0) is 17.4. The molecule has 25 heavy (non-hydrogen) atoms. The van der Waals surface area contributed by atoms with Gasteiger partial charge in [0.2, 0.25) is 0 Å². The largest absolute Gasteiger partial charge is 0.466 e. The van der Waals surface area contributed by atoms with E-state index in [0.29, 0.717) is 0 Å². The van der Waals surface area contributed by atoms with E-state index in [1.807, 2.05) is 12.1 Å². The molecule has 2 rings (SSSR count). The van der Waals surface area contributed by atoms with E-state index >= 15 is 0 Å². The first kappa shape index (κ1) is 21.2. The number of carbonyl (C=O) groups excluding carboxylic acids is 2. The summed E-state index contributed by atoms with van der Waals surface area (Å²) in [5, 5.41) is 7.75. The van der Waals surface area contributed by atoms with Gasteiger partial charge in [0.05, 0.1) is 25.3 Å². The van der Waals surface area contributed by atoms with Crippen LogP contribution in [0.25, 0.3) is 6.08 Å². The molecule has 1 aromatic heterocycles. The molecular formula is C17H26ClN3O4. The van der Waals surface area contributed by atoms with Crippen molar-refractivity contribution >= 4 is 30.4 Å². The van der Waals surface area contributed by atoms with E-state index in [9.17, 15) is 9.59 Å². The van der Waals surface area contributed by atoms with Crippen molar-refractivity contribution in [1.29, 1.82) is 0 Å². The van der Waals surface area contributed by atoms with Gasteiger partial charge in [-0.25, -0.2) is 4.79 Å². The lowest BCUT2D eigenvalue weighted by molar-refractivity contribution is -0.154. The van der Waals surface area contributed by atoms with Gasteiger partial charge in [-0.1, -0.05) is 5.57 Å². The number of esters is 2. The van der Waals surface area contributed by atoms with E-state index < -0.39 is 18.0 Å². The molecule has 1 N–H and O–H groups in total. The molecular weight excluding hydrogens is 346 g/mol. The molecule has 0 spiro atoms. The van der Waals surface area contributed by atoms with Crippen molar-refractivity contribution in [3.8, 4) is 0 Å². The summed E-state index contributed by atoms with van der Waals surface area (Å²) in [5.41, 5.74) is 2.05. The first-order valence-electron chi connectivity index (χ1n) is 8.41. The van der Waals surface area contributed by atoms with Crippen molar-refractivity contribution in [2.45, 2.75) is 39.2 Å². The molecule has 1 saturated heterocycles. The summed E-state index contributed by atoms with van der Waals surface area (Å²) in [5.74, 6) is -0.922. The van der Waals surface area contributed by atoms with E-state index in [0.717, 1.165) is 31.6 Å². The molecule has 7 nitrogen and oxygen atoms in total. The SMILES string of the molecule is CCOC(=O)CC(C(=O)OCC)n1ccc(C=C2CCCNC2)n1.Cl. The predicted molar refractivity (Wildman–Crippen MR) is 96.5 cm³/mol. The van der Waals surface area contributed by atoms with Crippen LogP contribution in [0.1, 0.15) is 44.8 Å². The number of carbonyl (C=O) groups is 2. The molecule has 1 aliphatic rings. The van der Waals surface area contributed by atoms with E-state index in [1.165, 1.54) is 10.3 Å². The van der Waals surface area contributed by atoms with Crippen LogP contribution < -0.4 is 5.32 Å². The molecule has 0 aliphatic carbocycles. The molecule has 140 valence electrons. The predicted octanol–water partition coefficient (Wildman–Crippen LogP) is 2.13. The first-order valence-corrected chi connectivity index (χ1v) is 8.41. The molecule has 0 radical (unpaired) electrons. The smallest absolute Gasteiger partial charge is 0.331 e. The lowest BCUT2D eigenvalue weighted by Crippen LogP contribution is -2.26. The van der Waals surface area contributed by atoms with Crippen molar-refractivity contribution < 1.29 is 19.1 Å². The van der Waals surface area contributed by atoms with Crippen LogP contribution in [0.3, 0.4) is 0 Å². The van der Waals surface area contributed by atoms with Crippen LogP contribution in [0.2, 0.25) is 0 Å². The van der Waals surface area contributed by atoms with Gasteiger partial charge >= 0.3 is 11.9 Å². The fourth-order valence-electron chi connectivity index (χ4n) is 2.61. The Hall–Kier alpha value is -1.86. The van der Waals surface area contributed by atoms with Gasteiger partial charge in [-0.15, -0.1) is 12.4 Å². The van der Waals surface area contributed by atoms with Gasteiger partial charge in [0.1, 0.15) is 0 Å². The van der Waals surface area contributed by atoms with Crippen LogP contribution in [0, 0.1) is 0 Å². The summed E-state index contributed by atoms with van der Waals surface area (Å²) in [4.78, 5) is 23.9. The van der Waals surface area contributed by atoms with Gasteiger partial charge < -0.3 is 14.8 Å². The topological polar surface area (TPSA) is 82.5 Å². The summed E-state index contributed by atoms with van der Waals surface area (Å²) in [6, 6.07) is 1.03. The molecule has 1 atom stereocenters. The first-order chi connectivity index (χ1) is 11.6. The Kier molecular flexibility index (Phi) is 9.23. The number of aromatic nitrogens is 2. The highest BCUT2D eigenvalue weighted by Crippen LogP contribution is 2.17. The maximum absolute atomic E-state index is 12.2. The lowest BCUT2D eigenvalue weighted by atomic mass is 10.1. The molecule has 2 heterocycles. The third-order valence-corrected chi connectivity index (χ3v) is 3.73. The molecule has 8 heteroatoms. The standard InChI is InChI=1S/C17H25N3O4.ClH/c1-3-23-16(21)11-15(17(22)24-4-2)20-9-7-14(19-20)10-13-6-5-8-18-12-13;/h7,9-10,15,18H,3-6,8,11-12H2,1-2H3;1H. The second-order valence-corrected chi connectivity index (χ2v) is 5.58. The Labute approximate surface area is 154 Å². The number of halogens is 1. The van der Waals surface area contributed by atoms with Gasteiger partial charge in [-0.2, -0.15) is 5.10 Å². The number of rotatable bonds is 7. The Morgan fingerprint density at radius 2 is 2.12 bits per heavy atom. The number of hydrogen-bond donors (Lipinski definition) is 1. The average molecular weight is 372 g/mol. The molecule has 1 aromatic rings. The fourth-order valence-corrected chi connectivity index (χ4v) is 2.61. The third-order valence-electron chi connectivity index (χ3n) is 3.73. The van der Waals surface area contributed by atoms with Crippen LogP contribution in [-0.4, -0.2) is 48.0 Å². The van der Waals surface area contributed by atoms with Crippen molar-refractivity contribution in [2.75, 3.05) is 26.3 Å². The monoisotopic (exact) mass is 371 g/mol. The summed E-state index contributed by atoms with van der Waals surface area (Å²) in [6.07, 6.45) is 5.79. The van der Waals surface area contributed by atoms with Gasteiger partial charge in [0.25, 0.3) is 0 Å². The Morgan fingerprint density at radius 1 is 1.36 bits per heavy atom. The molecule has 1 fully saturated rings.